The minimum Gasteiger partial charge on any atom is -0.359 e. The van der Waals surface area contributed by atoms with Gasteiger partial charge in [-0.2, -0.15) is 4.31 Å². The van der Waals surface area contributed by atoms with Gasteiger partial charge < -0.3 is 9.84 Å². The van der Waals surface area contributed by atoms with Gasteiger partial charge in [-0.15, -0.1) is 0 Å². The highest BCUT2D eigenvalue weighted by Gasteiger charge is 2.25. The Balaban J connectivity index is 1.54. The molecular weight excluding hydrogens is 390 g/mol. The van der Waals surface area contributed by atoms with Crippen LogP contribution in [0.4, 0.5) is 5.82 Å². The number of carbonyl (C=O) groups is 1. The van der Waals surface area contributed by atoms with E-state index in [1.807, 2.05) is 20.8 Å². The lowest BCUT2D eigenvalue weighted by Gasteiger charge is -2.25. The number of benzene rings is 1. The van der Waals surface area contributed by atoms with Crippen LogP contribution in [0.3, 0.4) is 0 Å². The van der Waals surface area contributed by atoms with E-state index in [-0.39, 0.29) is 17.7 Å². The zero-order valence-electron chi connectivity index (χ0n) is 17.3. The molecule has 2 heterocycles. The molecule has 29 heavy (non-hydrogen) atoms. The third kappa shape index (κ3) is 5.45. The van der Waals surface area contributed by atoms with Gasteiger partial charge in [0.2, 0.25) is 15.9 Å². The smallest absolute Gasteiger partial charge is 0.243 e. The van der Waals surface area contributed by atoms with Crippen molar-refractivity contribution in [2.24, 2.45) is 0 Å². The number of hydrogen-bond acceptors (Lipinski definition) is 5. The van der Waals surface area contributed by atoms with Gasteiger partial charge >= 0.3 is 0 Å². The SMILES string of the molecule is CC(C)(C)c1cc(NC(=O)CCc2ccc(S(=O)(=O)N3CCCCC3)cc2)no1. The standard InChI is InChI=1S/C21H29N3O4S/c1-21(2,3)18-15-19(23-28-18)22-20(25)12-9-16-7-10-17(11-8-16)29(26,27)24-13-5-4-6-14-24/h7-8,10-11,15H,4-6,9,12-14H2,1-3H3,(H,22,23,25). The van der Waals surface area contributed by atoms with Gasteiger partial charge in [-0.1, -0.05) is 44.5 Å². The first-order valence-corrected chi connectivity index (χ1v) is 11.5. The topological polar surface area (TPSA) is 92.5 Å². The maximum atomic E-state index is 12.7. The van der Waals surface area contributed by atoms with Gasteiger partial charge in [-0.25, -0.2) is 8.42 Å². The Morgan fingerprint density at radius 3 is 2.38 bits per heavy atom. The second-order valence-electron chi connectivity index (χ2n) is 8.48. The molecule has 1 aromatic carbocycles. The first-order chi connectivity index (χ1) is 13.7. The molecule has 0 spiro atoms. The summed E-state index contributed by atoms with van der Waals surface area (Å²) in [5.41, 5.74) is 0.736. The molecule has 2 aromatic rings. The zero-order valence-corrected chi connectivity index (χ0v) is 18.1. The van der Waals surface area contributed by atoms with Crippen molar-refractivity contribution >= 4 is 21.7 Å². The van der Waals surface area contributed by atoms with Crippen molar-refractivity contribution in [1.82, 2.24) is 9.46 Å². The van der Waals surface area contributed by atoms with E-state index in [2.05, 4.69) is 10.5 Å². The molecule has 1 aliphatic heterocycles. The number of aromatic nitrogens is 1. The molecule has 0 atom stereocenters. The lowest BCUT2D eigenvalue weighted by Crippen LogP contribution is -2.35. The molecule has 1 aromatic heterocycles. The number of hydrogen-bond donors (Lipinski definition) is 1. The fraction of sp³-hybridized carbons (Fsp3) is 0.524. The quantitative estimate of drug-likeness (QED) is 0.770. The van der Waals surface area contributed by atoms with E-state index in [0.717, 1.165) is 24.8 Å². The van der Waals surface area contributed by atoms with Crippen LogP contribution >= 0.6 is 0 Å². The van der Waals surface area contributed by atoms with E-state index >= 15 is 0 Å². The van der Waals surface area contributed by atoms with Crippen LogP contribution in [0, 0.1) is 0 Å². The van der Waals surface area contributed by atoms with E-state index in [0.29, 0.717) is 36.0 Å². The van der Waals surface area contributed by atoms with Crippen LogP contribution in [0.2, 0.25) is 0 Å². The summed E-state index contributed by atoms with van der Waals surface area (Å²) in [5, 5.41) is 6.62. The van der Waals surface area contributed by atoms with Crippen molar-refractivity contribution in [3.63, 3.8) is 0 Å². The van der Waals surface area contributed by atoms with Gasteiger partial charge in [0.1, 0.15) is 5.76 Å². The first-order valence-electron chi connectivity index (χ1n) is 10.0. The van der Waals surface area contributed by atoms with Gasteiger partial charge in [-0.05, 0) is 37.0 Å². The van der Waals surface area contributed by atoms with Crippen LogP contribution in [-0.4, -0.2) is 36.9 Å². The number of carbonyl (C=O) groups excluding carboxylic acids is 1. The molecule has 158 valence electrons. The second kappa shape index (κ2) is 8.67. The molecule has 1 aliphatic rings. The lowest BCUT2D eigenvalue weighted by atomic mass is 9.93. The third-order valence-electron chi connectivity index (χ3n) is 5.03. The van der Waals surface area contributed by atoms with Crippen LogP contribution in [0.1, 0.15) is 57.8 Å². The normalized spacial score (nSPS) is 16.0. The van der Waals surface area contributed by atoms with Crippen molar-refractivity contribution in [3.05, 3.63) is 41.7 Å². The molecule has 0 unspecified atom stereocenters. The van der Waals surface area contributed by atoms with Gasteiger partial charge in [0.25, 0.3) is 0 Å². The number of nitrogens with one attached hydrogen (secondary N) is 1. The van der Waals surface area contributed by atoms with Crippen molar-refractivity contribution in [1.29, 1.82) is 0 Å². The van der Waals surface area contributed by atoms with E-state index in [1.165, 1.54) is 0 Å². The number of amides is 1. The fourth-order valence-corrected chi connectivity index (χ4v) is 4.75. The maximum Gasteiger partial charge on any atom is 0.243 e. The summed E-state index contributed by atoms with van der Waals surface area (Å²) in [6, 6.07) is 8.54. The summed E-state index contributed by atoms with van der Waals surface area (Å²) in [7, 11) is -3.43. The lowest BCUT2D eigenvalue weighted by molar-refractivity contribution is -0.116. The van der Waals surface area contributed by atoms with Crippen LogP contribution in [-0.2, 0) is 26.7 Å². The largest absolute Gasteiger partial charge is 0.359 e. The highest BCUT2D eigenvalue weighted by atomic mass is 32.2. The number of piperidine rings is 1. The Kier molecular flexibility index (Phi) is 6.43. The third-order valence-corrected chi connectivity index (χ3v) is 6.95. The van der Waals surface area contributed by atoms with Crippen molar-refractivity contribution in [2.75, 3.05) is 18.4 Å². The number of aryl methyl sites for hydroxylation is 1. The summed E-state index contributed by atoms with van der Waals surface area (Å²) in [6.45, 7) is 7.20. The van der Waals surface area contributed by atoms with E-state index < -0.39 is 10.0 Å². The second-order valence-corrected chi connectivity index (χ2v) is 10.4. The molecule has 1 saturated heterocycles. The number of anilines is 1. The summed E-state index contributed by atoms with van der Waals surface area (Å²) < 4.78 is 32.2. The number of rotatable bonds is 6. The molecule has 0 aliphatic carbocycles. The van der Waals surface area contributed by atoms with Crippen LogP contribution in [0.5, 0.6) is 0 Å². The highest BCUT2D eigenvalue weighted by molar-refractivity contribution is 7.89. The first kappa shape index (κ1) is 21.5. The summed E-state index contributed by atoms with van der Waals surface area (Å²) in [4.78, 5) is 12.5. The van der Waals surface area contributed by atoms with E-state index in [9.17, 15) is 13.2 Å². The average Bonchev–Trinajstić information content (AvgIpc) is 3.16. The molecule has 1 N–H and O–H groups in total. The van der Waals surface area contributed by atoms with Gasteiger partial charge in [0.15, 0.2) is 5.82 Å². The predicted octanol–water partition coefficient (Wildman–Crippen LogP) is 3.72. The van der Waals surface area contributed by atoms with E-state index in [4.69, 9.17) is 4.52 Å². The maximum absolute atomic E-state index is 12.7. The molecule has 1 fully saturated rings. The Labute approximate surface area is 172 Å². The molecule has 0 radical (unpaired) electrons. The van der Waals surface area contributed by atoms with Crippen molar-refractivity contribution < 1.29 is 17.7 Å². The monoisotopic (exact) mass is 419 g/mol. The summed E-state index contributed by atoms with van der Waals surface area (Å²) in [6.07, 6.45) is 3.69. The predicted molar refractivity (Wildman–Crippen MR) is 111 cm³/mol. The van der Waals surface area contributed by atoms with Crippen LogP contribution < -0.4 is 5.32 Å². The Hall–Kier alpha value is -2.19. The van der Waals surface area contributed by atoms with Gasteiger partial charge in [-0.3, -0.25) is 4.79 Å². The Bertz CT molecular complexity index is 937. The van der Waals surface area contributed by atoms with E-state index in [1.54, 1.807) is 34.6 Å². The van der Waals surface area contributed by atoms with Crippen LogP contribution in [0.25, 0.3) is 0 Å². The summed E-state index contributed by atoms with van der Waals surface area (Å²) >= 11 is 0. The molecule has 0 bridgehead atoms. The molecule has 3 rings (SSSR count). The minimum atomic E-state index is -3.43. The van der Waals surface area contributed by atoms with Gasteiger partial charge in [0, 0.05) is 31.0 Å². The van der Waals surface area contributed by atoms with Gasteiger partial charge in [0.05, 0.1) is 4.90 Å². The Morgan fingerprint density at radius 2 is 1.79 bits per heavy atom. The average molecular weight is 420 g/mol. The molecule has 0 saturated carbocycles. The van der Waals surface area contributed by atoms with Crippen molar-refractivity contribution in [2.45, 2.75) is 63.2 Å². The van der Waals surface area contributed by atoms with Crippen LogP contribution in [0.15, 0.2) is 39.8 Å². The molecule has 1 amide bonds. The zero-order chi connectivity index (χ0) is 21.1. The van der Waals surface area contributed by atoms with Crippen molar-refractivity contribution in [3.8, 4) is 0 Å². The number of sulfonamides is 1. The molecule has 7 nitrogen and oxygen atoms in total. The summed E-state index contributed by atoms with van der Waals surface area (Å²) in [5.74, 6) is 0.949. The minimum absolute atomic E-state index is 0.163. The molecular formula is C21H29N3O4S. The highest BCUT2D eigenvalue weighted by Crippen LogP contribution is 2.24. The molecule has 8 heteroatoms. The fourth-order valence-electron chi connectivity index (χ4n) is 3.23. The number of nitrogens with zero attached hydrogens (tertiary/aromatic N) is 2. The Morgan fingerprint density at radius 1 is 1.14 bits per heavy atom.